The molecule has 0 atom stereocenters. The van der Waals surface area contributed by atoms with Gasteiger partial charge in [0.15, 0.2) is 0 Å². The van der Waals surface area contributed by atoms with Crippen LogP contribution in [0.2, 0.25) is 0 Å². The topological polar surface area (TPSA) is 133 Å². The number of nitrogens with one attached hydrogen (secondary N) is 1. The maximum absolute atomic E-state index is 10.8. The van der Waals surface area contributed by atoms with Gasteiger partial charge in [0.1, 0.15) is 0 Å². The SMILES string of the molecule is O=C(O)/C=C\C(=O)NCCOP(=O)(O)O. The average molecular weight is 239 g/mol. The number of phosphoric acid groups is 1. The second kappa shape index (κ2) is 6.31. The maximum atomic E-state index is 10.8. The smallest absolute Gasteiger partial charge is 0.469 e. The summed E-state index contributed by atoms with van der Waals surface area (Å²) >= 11 is 0. The second-order valence-electron chi connectivity index (χ2n) is 2.29. The molecule has 86 valence electrons. The van der Waals surface area contributed by atoms with Crippen LogP contribution >= 0.6 is 7.82 Å². The summed E-state index contributed by atoms with van der Waals surface area (Å²) in [5, 5.41) is 10.3. The first-order valence-electron chi connectivity index (χ1n) is 3.70. The van der Waals surface area contributed by atoms with Crippen molar-refractivity contribution in [3.63, 3.8) is 0 Å². The van der Waals surface area contributed by atoms with Crippen molar-refractivity contribution < 1.29 is 33.6 Å². The van der Waals surface area contributed by atoms with E-state index in [9.17, 15) is 14.2 Å². The van der Waals surface area contributed by atoms with Crippen LogP contribution in [0.4, 0.5) is 0 Å². The molecule has 0 fully saturated rings. The van der Waals surface area contributed by atoms with Crippen LogP contribution in [0.1, 0.15) is 0 Å². The van der Waals surface area contributed by atoms with Crippen LogP contribution in [-0.2, 0) is 18.7 Å². The molecule has 0 aromatic heterocycles. The Morgan fingerprint density at radius 3 is 2.40 bits per heavy atom. The normalized spacial score (nSPS) is 11.6. The number of rotatable bonds is 6. The lowest BCUT2D eigenvalue weighted by Gasteiger charge is -2.04. The Morgan fingerprint density at radius 2 is 1.93 bits per heavy atom. The molecular weight excluding hydrogens is 229 g/mol. The van der Waals surface area contributed by atoms with Gasteiger partial charge in [-0.2, -0.15) is 0 Å². The molecule has 4 N–H and O–H groups in total. The summed E-state index contributed by atoms with van der Waals surface area (Å²) in [4.78, 5) is 37.2. The van der Waals surface area contributed by atoms with E-state index in [-0.39, 0.29) is 13.2 Å². The van der Waals surface area contributed by atoms with Crippen molar-refractivity contribution in [2.75, 3.05) is 13.2 Å². The highest BCUT2D eigenvalue weighted by molar-refractivity contribution is 7.46. The second-order valence-corrected chi connectivity index (χ2v) is 3.53. The van der Waals surface area contributed by atoms with Gasteiger partial charge < -0.3 is 20.2 Å². The van der Waals surface area contributed by atoms with E-state index in [1.165, 1.54) is 0 Å². The molecule has 0 unspecified atom stereocenters. The van der Waals surface area contributed by atoms with Gasteiger partial charge in [0.05, 0.1) is 6.61 Å². The molecule has 0 spiro atoms. The van der Waals surface area contributed by atoms with Gasteiger partial charge in [0.25, 0.3) is 0 Å². The first-order chi connectivity index (χ1) is 6.81. The molecule has 0 rings (SSSR count). The Morgan fingerprint density at radius 1 is 1.33 bits per heavy atom. The molecule has 9 heteroatoms. The summed E-state index contributed by atoms with van der Waals surface area (Å²) in [6.07, 6.45) is 1.42. The molecule has 0 radical (unpaired) electrons. The van der Waals surface area contributed by atoms with Gasteiger partial charge in [-0.1, -0.05) is 0 Å². The predicted molar refractivity (Wildman–Crippen MR) is 47.8 cm³/mol. The molecule has 0 saturated carbocycles. The van der Waals surface area contributed by atoms with Gasteiger partial charge in [-0.15, -0.1) is 0 Å². The van der Waals surface area contributed by atoms with Crippen LogP contribution in [0.15, 0.2) is 12.2 Å². The highest BCUT2D eigenvalue weighted by Crippen LogP contribution is 2.34. The monoisotopic (exact) mass is 239 g/mol. The van der Waals surface area contributed by atoms with E-state index in [1.807, 2.05) is 0 Å². The Bertz CT molecular complexity index is 307. The Kier molecular flexibility index (Phi) is 5.80. The molecule has 0 aliphatic heterocycles. The molecule has 1 amide bonds. The number of carboxylic acids is 1. The van der Waals surface area contributed by atoms with Crippen LogP contribution < -0.4 is 5.32 Å². The Labute approximate surface area is 84.8 Å². The number of carbonyl (C=O) groups excluding carboxylic acids is 1. The van der Waals surface area contributed by atoms with E-state index in [0.717, 1.165) is 6.08 Å². The first-order valence-corrected chi connectivity index (χ1v) is 5.23. The molecule has 0 aliphatic rings. The van der Waals surface area contributed by atoms with Crippen molar-refractivity contribution >= 4 is 19.7 Å². The van der Waals surface area contributed by atoms with Crippen molar-refractivity contribution in [2.45, 2.75) is 0 Å². The maximum Gasteiger partial charge on any atom is 0.469 e. The van der Waals surface area contributed by atoms with E-state index < -0.39 is 19.7 Å². The van der Waals surface area contributed by atoms with E-state index in [0.29, 0.717) is 6.08 Å². The molecular formula is C6H10NO7P. The highest BCUT2D eigenvalue weighted by atomic mass is 31.2. The standard InChI is InChI=1S/C6H10NO7P/c8-5(1-2-6(9)10)7-3-4-14-15(11,12)13/h1-2H,3-4H2,(H,7,8)(H,9,10)(H2,11,12,13)/b2-1-. The van der Waals surface area contributed by atoms with Crippen LogP contribution in [0.25, 0.3) is 0 Å². The zero-order chi connectivity index (χ0) is 11.9. The predicted octanol–water partition coefficient (Wildman–Crippen LogP) is -1.15. The third-order valence-corrected chi connectivity index (χ3v) is 1.56. The van der Waals surface area contributed by atoms with Crippen LogP contribution in [0.5, 0.6) is 0 Å². The molecule has 15 heavy (non-hydrogen) atoms. The number of carboxylic acid groups (broad SMARTS) is 1. The number of aliphatic carboxylic acids is 1. The Balaban J connectivity index is 3.65. The summed E-state index contributed by atoms with van der Waals surface area (Å²) in [6.45, 7) is -0.495. The lowest BCUT2D eigenvalue weighted by Crippen LogP contribution is -2.25. The summed E-state index contributed by atoms with van der Waals surface area (Å²) in [6, 6.07) is 0. The minimum Gasteiger partial charge on any atom is -0.478 e. The summed E-state index contributed by atoms with van der Waals surface area (Å²) in [5.74, 6) is -1.96. The highest BCUT2D eigenvalue weighted by Gasteiger charge is 2.12. The van der Waals surface area contributed by atoms with E-state index in [1.54, 1.807) is 0 Å². The number of hydrogen-bond acceptors (Lipinski definition) is 4. The molecule has 0 aliphatic carbocycles. The number of phosphoric ester groups is 1. The molecule has 0 aromatic carbocycles. The third-order valence-electron chi connectivity index (χ3n) is 1.04. The van der Waals surface area contributed by atoms with Crippen molar-refractivity contribution in [2.24, 2.45) is 0 Å². The molecule has 0 bridgehead atoms. The fourth-order valence-electron chi connectivity index (χ4n) is 0.545. The van der Waals surface area contributed by atoms with E-state index in [2.05, 4.69) is 9.84 Å². The summed E-state index contributed by atoms with van der Waals surface area (Å²) < 4.78 is 14.2. The van der Waals surface area contributed by atoms with Gasteiger partial charge in [-0.3, -0.25) is 9.32 Å². The zero-order valence-electron chi connectivity index (χ0n) is 7.49. The van der Waals surface area contributed by atoms with Crippen LogP contribution in [0, 0.1) is 0 Å². The zero-order valence-corrected chi connectivity index (χ0v) is 8.39. The fourth-order valence-corrected chi connectivity index (χ4v) is 0.874. The van der Waals surface area contributed by atoms with Gasteiger partial charge >= 0.3 is 13.8 Å². The first kappa shape index (κ1) is 13.8. The minimum atomic E-state index is -4.52. The lowest BCUT2D eigenvalue weighted by atomic mass is 10.4. The van der Waals surface area contributed by atoms with E-state index >= 15 is 0 Å². The van der Waals surface area contributed by atoms with Gasteiger partial charge in [-0.05, 0) is 0 Å². The van der Waals surface area contributed by atoms with Crippen LogP contribution in [0.3, 0.4) is 0 Å². The third kappa shape index (κ3) is 10.7. The van der Waals surface area contributed by atoms with Gasteiger partial charge in [0, 0.05) is 18.7 Å². The number of hydrogen-bond donors (Lipinski definition) is 4. The quantitative estimate of drug-likeness (QED) is 0.261. The van der Waals surface area contributed by atoms with E-state index in [4.69, 9.17) is 14.9 Å². The van der Waals surface area contributed by atoms with Crippen molar-refractivity contribution in [1.82, 2.24) is 5.32 Å². The number of carbonyl (C=O) groups is 2. The molecule has 0 aromatic rings. The Hall–Kier alpha value is -1.21. The molecule has 0 heterocycles. The largest absolute Gasteiger partial charge is 0.478 e. The van der Waals surface area contributed by atoms with Crippen molar-refractivity contribution in [1.29, 1.82) is 0 Å². The molecule has 0 saturated heterocycles. The lowest BCUT2D eigenvalue weighted by molar-refractivity contribution is -0.131. The minimum absolute atomic E-state index is 0.131. The van der Waals surface area contributed by atoms with Crippen LogP contribution in [-0.4, -0.2) is 39.9 Å². The number of amides is 1. The van der Waals surface area contributed by atoms with Gasteiger partial charge in [-0.25, -0.2) is 9.36 Å². The fraction of sp³-hybridized carbons (Fsp3) is 0.333. The summed E-state index contributed by atoms with van der Waals surface area (Å²) in [5.41, 5.74) is 0. The van der Waals surface area contributed by atoms with Crippen molar-refractivity contribution in [3.05, 3.63) is 12.2 Å². The van der Waals surface area contributed by atoms with Crippen molar-refractivity contribution in [3.8, 4) is 0 Å². The average Bonchev–Trinajstić information content (AvgIpc) is 2.07. The summed E-state index contributed by atoms with van der Waals surface area (Å²) in [7, 11) is -4.52. The van der Waals surface area contributed by atoms with Gasteiger partial charge in [0.2, 0.25) is 5.91 Å². The molecule has 8 nitrogen and oxygen atoms in total.